The molecule has 0 saturated carbocycles. The maximum atomic E-state index is 10.6. The number of rotatable bonds is 11. The number of nitrogens with zero attached hydrogens (tertiary/aromatic N) is 2. The summed E-state index contributed by atoms with van der Waals surface area (Å²) in [7, 11) is 0. The van der Waals surface area contributed by atoms with Crippen LogP contribution in [0.3, 0.4) is 0 Å². The van der Waals surface area contributed by atoms with Crippen LogP contribution in [0.4, 0.5) is 0 Å². The van der Waals surface area contributed by atoms with Gasteiger partial charge in [-0.1, -0.05) is 0 Å². The van der Waals surface area contributed by atoms with Crippen molar-refractivity contribution in [1.29, 1.82) is 0 Å². The average Bonchev–Trinajstić information content (AvgIpc) is 2.22. The van der Waals surface area contributed by atoms with Gasteiger partial charge in [0.1, 0.15) is 0 Å². The van der Waals surface area contributed by atoms with Gasteiger partial charge in [-0.05, 0) is 0 Å². The van der Waals surface area contributed by atoms with Crippen molar-refractivity contribution >= 4 is 23.9 Å². The van der Waals surface area contributed by atoms with Gasteiger partial charge in [0, 0.05) is 34.8 Å². The number of aliphatic carboxylic acids is 4. The van der Waals surface area contributed by atoms with Crippen molar-refractivity contribution in [2.24, 2.45) is 0 Å². The summed E-state index contributed by atoms with van der Waals surface area (Å²) in [6, 6.07) is 0. The van der Waals surface area contributed by atoms with E-state index in [1.165, 1.54) is 0 Å². The molecule has 0 aromatic carbocycles. The SMILES string of the molecule is O.O=C(O)CN(CCN(CC(=O)O)CC(=O)O)CC(=O)O.[H-].[H-].[H-].[H-].[H-].[K+].[Na+].[Na+].[Na+].[Na+].[Ti]. The third kappa shape index (κ3) is 37.7. The Morgan fingerprint density at radius 1 is 0.593 bits per heavy atom. The Bertz CT molecular complexity index is 365. The Labute approximate surface area is 310 Å². The monoisotopic (exact) mass is 494 g/mol. The van der Waals surface area contributed by atoms with Crippen LogP contribution in [0.5, 0.6) is 0 Å². The number of hydrogen-bond acceptors (Lipinski definition) is 6. The van der Waals surface area contributed by atoms with Gasteiger partial charge < -0.3 is 33.0 Å². The van der Waals surface area contributed by atoms with E-state index in [1.54, 1.807) is 0 Å². The molecule has 0 aliphatic carbocycles. The van der Waals surface area contributed by atoms with E-state index < -0.39 is 50.1 Å². The van der Waals surface area contributed by atoms with Crippen LogP contribution in [0, 0.1) is 0 Å². The van der Waals surface area contributed by atoms with Crippen LogP contribution < -0.4 is 170 Å². The summed E-state index contributed by atoms with van der Waals surface area (Å²) >= 11 is 0. The van der Waals surface area contributed by atoms with Crippen molar-refractivity contribution in [2.75, 3.05) is 39.3 Å². The molecule has 0 aliphatic heterocycles. The molecule has 0 amide bonds. The van der Waals surface area contributed by atoms with Gasteiger partial charge >= 0.3 is 193 Å². The second kappa shape index (κ2) is 32.3. The molecule has 0 rings (SSSR count). The van der Waals surface area contributed by atoms with Crippen LogP contribution in [0.25, 0.3) is 0 Å². The molecule has 0 saturated heterocycles. The zero-order chi connectivity index (χ0) is 15.7. The van der Waals surface area contributed by atoms with Crippen LogP contribution in [0.2, 0.25) is 0 Å². The zero-order valence-corrected chi connectivity index (χ0v) is 29.2. The van der Waals surface area contributed by atoms with Gasteiger partial charge in [0.05, 0.1) is 26.2 Å². The smallest absolute Gasteiger partial charge is 1.00 e. The van der Waals surface area contributed by atoms with E-state index in [9.17, 15) is 19.2 Å². The minimum absolute atomic E-state index is 0. The third-order valence-electron chi connectivity index (χ3n) is 2.17. The number of carboxylic acid groups (broad SMARTS) is 4. The molecule has 0 unspecified atom stereocenters. The Kier molecular flexibility index (Phi) is 63.2. The van der Waals surface area contributed by atoms with E-state index in [2.05, 4.69) is 0 Å². The van der Waals surface area contributed by atoms with Crippen LogP contribution >= 0.6 is 0 Å². The first-order chi connectivity index (χ1) is 9.20. The number of carboxylic acids is 4. The maximum Gasteiger partial charge on any atom is 1.00 e. The molecule has 0 aliphatic rings. The van der Waals surface area contributed by atoms with Crippen molar-refractivity contribution in [3.05, 3.63) is 0 Å². The van der Waals surface area contributed by atoms with Gasteiger partial charge in [0.15, 0.2) is 0 Å². The summed E-state index contributed by atoms with van der Waals surface area (Å²) in [5.41, 5.74) is 0. The summed E-state index contributed by atoms with van der Waals surface area (Å²) < 4.78 is 0. The fourth-order valence-electron chi connectivity index (χ4n) is 1.48. The van der Waals surface area contributed by atoms with Crippen molar-refractivity contribution in [2.45, 2.75) is 0 Å². The van der Waals surface area contributed by atoms with Gasteiger partial charge in [-0.2, -0.15) is 0 Å². The van der Waals surface area contributed by atoms with E-state index in [1.807, 2.05) is 0 Å². The van der Waals surface area contributed by atoms with Gasteiger partial charge in [0.25, 0.3) is 0 Å². The first-order valence-corrected chi connectivity index (χ1v) is 5.52. The van der Waals surface area contributed by atoms with Crippen molar-refractivity contribution in [1.82, 2.24) is 9.80 Å². The zero-order valence-electron chi connectivity index (χ0n) is 21.6. The molecule has 0 bridgehead atoms. The molecule has 17 heteroatoms. The third-order valence-corrected chi connectivity index (χ3v) is 2.17. The molecule has 27 heavy (non-hydrogen) atoms. The van der Waals surface area contributed by atoms with E-state index >= 15 is 0 Å². The second-order valence-corrected chi connectivity index (χ2v) is 4.00. The molecule has 0 aromatic heterocycles. The van der Waals surface area contributed by atoms with Crippen molar-refractivity contribution < 1.29 is 244 Å². The molecule has 136 valence electrons. The van der Waals surface area contributed by atoms with Crippen LogP contribution in [-0.4, -0.2) is 98.8 Å². The Morgan fingerprint density at radius 2 is 0.741 bits per heavy atom. The first kappa shape index (κ1) is 52.8. The van der Waals surface area contributed by atoms with Gasteiger partial charge in [0.2, 0.25) is 0 Å². The summed E-state index contributed by atoms with van der Waals surface area (Å²) in [6.45, 7) is -2.25. The summed E-state index contributed by atoms with van der Waals surface area (Å²) in [5.74, 6) is -4.91. The fraction of sp³-hybridized carbons (Fsp3) is 0.600. The molecule has 0 spiro atoms. The Balaban J connectivity index is -0.0000000273. The fourth-order valence-corrected chi connectivity index (χ4v) is 1.48. The predicted octanol–water partition coefficient (Wildman–Crippen LogP) is -17.3. The molecular formula is C10H23KN2Na4O9Ti. The molecule has 0 radical (unpaired) electrons. The molecule has 11 nitrogen and oxygen atoms in total. The quantitative estimate of drug-likeness (QED) is 0.201. The maximum absolute atomic E-state index is 10.6. The van der Waals surface area contributed by atoms with E-state index in [4.69, 9.17) is 20.4 Å². The van der Waals surface area contributed by atoms with Gasteiger partial charge in [-0.3, -0.25) is 29.0 Å². The van der Waals surface area contributed by atoms with Crippen LogP contribution in [0.1, 0.15) is 7.13 Å². The van der Waals surface area contributed by atoms with Gasteiger partial charge in [-0.25, -0.2) is 0 Å². The predicted molar refractivity (Wildman–Crippen MR) is 72.6 cm³/mol. The second-order valence-electron chi connectivity index (χ2n) is 4.00. The molecule has 6 N–H and O–H groups in total. The summed E-state index contributed by atoms with van der Waals surface area (Å²) in [6.07, 6.45) is 0. The first-order valence-electron chi connectivity index (χ1n) is 5.52. The van der Waals surface area contributed by atoms with E-state index in [0.29, 0.717) is 0 Å². The minimum Gasteiger partial charge on any atom is -1.00 e. The molecule has 0 fully saturated rings. The molecule has 0 atom stereocenters. The topological polar surface area (TPSA) is 187 Å². The van der Waals surface area contributed by atoms with Gasteiger partial charge in [-0.15, -0.1) is 0 Å². The van der Waals surface area contributed by atoms with Crippen LogP contribution in [-0.2, 0) is 40.9 Å². The van der Waals surface area contributed by atoms with Crippen molar-refractivity contribution in [3.8, 4) is 0 Å². The summed E-state index contributed by atoms with van der Waals surface area (Å²) in [4.78, 5) is 44.4. The largest absolute Gasteiger partial charge is 1.00 e. The van der Waals surface area contributed by atoms with Crippen molar-refractivity contribution in [3.63, 3.8) is 0 Å². The van der Waals surface area contributed by atoms with E-state index in [0.717, 1.165) is 9.80 Å². The minimum atomic E-state index is -1.23. The average molecular weight is 494 g/mol. The molecule has 0 heterocycles. The standard InChI is InChI=1S/C10H16N2O8.K.4Na.H2O.Ti.5H/c13-7(14)3-11(4-8(15)16)1-2-12(5-9(17)18)6-10(19)20;;;;;;;;;;;;/h1-6H2,(H,13,14)(H,15,16)(H,17,18)(H,19,20);;;;;;1H2;;;;;;/q;5*+1;;;5*-1. The number of hydrogen-bond donors (Lipinski definition) is 4. The molecular weight excluding hydrogens is 471 g/mol. The van der Waals surface area contributed by atoms with Crippen LogP contribution in [0.15, 0.2) is 0 Å². The Morgan fingerprint density at radius 3 is 0.852 bits per heavy atom. The Hall–Kier alpha value is 4.11. The van der Waals surface area contributed by atoms with E-state index in [-0.39, 0.29) is 217 Å². The normalized spacial score (nSPS) is 7.93. The molecule has 0 aromatic rings. The summed E-state index contributed by atoms with van der Waals surface area (Å²) in [5, 5.41) is 34.5. The number of carbonyl (C=O) groups is 4.